The molecule has 7 nitrogen and oxygen atoms in total. The summed E-state index contributed by atoms with van der Waals surface area (Å²) in [6, 6.07) is 10.8. The molecule has 0 spiro atoms. The molecule has 36 heavy (non-hydrogen) atoms. The summed E-state index contributed by atoms with van der Waals surface area (Å²) in [4.78, 5) is 33.0. The topological polar surface area (TPSA) is 80.8 Å². The molecule has 0 aliphatic heterocycles. The molecule has 1 aliphatic rings. The zero-order valence-electron chi connectivity index (χ0n) is 20.8. The molecular formula is C28H31N3O4S. The van der Waals surface area contributed by atoms with E-state index in [0.717, 1.165) is 24.8 Å². The lowest BCUT2D eigenvalue weighted by Crippen LogP contribution is -2.48. The molecule has 1 unspecified atom stereocenters. The first-order valence-electron chi connectivity index (χ1n) is 12.1. The van der Waals surface area contributed by atoms with E-state index in [1.54, 1.807) is 36.8 Å². The first kappa shape index (κ1) is 25.4. The molecule has 0 saturated carbocycles. The molecule has 0 bridgehead atoms. The predicted octanol–water partition coefficient (Wildman–Crippen LogP) is 4.90. The van der Waals surface area contributed by atoms with Crippen LogP contribution in [0.15, 0.2) is 54.2 Å². The van der Waals surface area contributed by atoms with Crippen molar-refractivity contribution >= 4 is 34.9 Å². The van der Waals surface area contributed by atoms with Crippen molar-refractivity contribution in [3.05, 3.63) is 75.7 Å². The molecule has 188 valence electrons. The van der Waals surface area contributed by atoms with Gasteiger partial charge in [0, 0.05) is 12.7 Å². The minimum absolute atomic E-state index is 0.268. The summed E-state index contributed by atoms with van der Waals surface area (Å²) in [6.45, 7) is 2.44. The first-order chi connectivity index (χ1) is 17.5. The van der Waals surface area contributed by atoms with Crippen molar-refractivity contribution in [1.82, 2.24) is 10.3 Å². The molecule has 1 heterocycles. The van der Waals surface area contributed by atoms with E-state index in [1.165, 1.54) is 28.9 Å². The minimum atomic E-state index is -0.871. The molecular weight excluding hydrogens is 474 g/mol. The van der Waals surface area contributed by atoms with Crippen molar-refractivity contribution in [2.75, 3.05) is 25.7 Å². The van der Waals surface area contributed by atoms with Gasteiger partial charge in [0.25, 0.3) is 5.91 Å². The van der Waals surface area contributed by atoms with Crippen molar-refractivity contribution in [2.24, 2.45) is 0 Å². The van der Waals surface area contributed by atoms with Gasteiger partial charge in [-0.25, -0.2) is 0 Å². The Balaban J connectivity index is 1.75. The fourth-order valence-electron chi connectivity index (χ4n) is 4.42. The second-order valence-corrected chi connectivity index (χ2v) is 9.35. The van der Waals surface area contributed by atoms with E-state index in [-0.39, 0.29) is 11.8 Å². The van der Waals surface area contributed by atoms with Gasteiger partial charge in [0.15, 0.2) is 11.5 Å². The van der Waals surface area contributed by atoms with Crippen LogP contribution >= 0.6 is 11.3 Å². The quantitative estimate of drug-likeness (QED) is 0.447. The Kier molecular flexibility index (Phi) is 8.38. The number of carbonyl (C=O) groups excluding carboxylic acids is 2. The molecule has 0 radical (unpaired) electrons. The van der Waals surface area contributed by atoms with Gasteiger partial charge in [0.05, 0.1) is 25.4 Å². The number of carbonyl (C=O) groups is 2. The number of ether oxygens (including phenoxy) is 2. The first-order valence-corrected chi connectivity index (χ1v) is 13.0. The van der Waals surface area contributed by atoms with Gasteiger partial charge in [0.1, 0.15) is 10.9 Å². The number of amides is 2. The van der Waals surface area contributed by atoms with Crippen LogP contribution in [0.2, 0.25) is 0 Å². The van der Waals surface area contributed by atoms with Gasteiger partial charge in [-0.15, -0.1) is 11.3 Å². The average Bonchev–Trinajstić information content (AvgIpc) is 3.46. The molecule has 1 atom stereocenters. The van der Waals surface area contributed by atoms with Crippen LogP contribution in [0.5, 0.6) is 11.5 Å². The van der Waals surface area contributed by atoms with Crippen molar-refractivity contribution in [2.45, 2.75) is 38.6 Å². The number of aryl methyl sites for hydroxylation is 2. The summed E-state index contributed by atoms with van der Waals surface area (Å²) in [6.07, 6.45) is 9.41. The molecule has 2 amide bonds. The van der Waals surface area contributed by atoms with E-state index >= 15 is 0 Å². The van der Waals surface area contributed by atoms with Gasteiger partial charge in [-0.3, -0.25) is 19.5 Å². The highest BCUT2D eigenvalue weighted by Crippen LogP contribution is 2.31. The molecule has 0 fully saturated rings. The zero-order valence-corrected chi connectivity index (χ0v) is 21.6. The fourth-order valence-corrected chi connectivity index (χ4v) is 4.97. The Hall–Kier alpha value is -3.65. The van der Waals surface area contributed by atoms with Crippen LogP contribution in [0.3, 0.4) is 0 Å². The number of rotatable bonds is 9. The van der Waals surface area contributed by atoms with E-state index in [4.69, 9.17) is 9.47 Å². The van der Waals surface area contributed by atoms with E-state index in [1.807, 2.05) is 37.3 Å². The van der Waals surface area contributed by atoms with Gasteiger partial charge < -0.3 is 14.8 Å². The van der Waals surface area contributed by atoms with Gasteiger partial charge in [-0.05, 0) is 73.6 Å². The van der Waals surface area contributed by atoms with Crippen LogP contribution in [-0.2, 0) is 17.6 Å². The second-order valence-electron chi connectivity index (χ2n) is 8.46. The monoisotopic (exact) mass is 505 g/mol. The van der Waals surface area contributed by atoms with Crippen molar-refractivity contribution in [1.29, 1.82) is 0 Å². The Morgan fingerprint density at radius 2 is 1.94 bits per heavy atom. The van der Waals surface area contributed by atoms with Crippen LogP contribution in [-0.4, -0.2) is 43.6 Å². The summed E-state index contributed by atoms with van der Waals surface area (Å²) in [5.41, 5.74) is 5.67. The lowest BCUT2D eigenvalue weighted by Gasteiger charge is -2.30. The van der Waals surface area contributed by atoms with Gasteiger partial charge in [-0.1, -0.05) is 24.3 Å². The van der Waals surface area contributed by atoms with E-state index in [2.05, 4.69) is 22.4 Å². The number of anilines is 1. The average molecular weight is 506 g/mol. The molecule has 3 aromatic rings. The fraction of sp³-hybridized carbons (Fsp3) is 0.321. The maximum Gasteiger partial charge on any atom is 0.270 e. The molecule has 1 aliphatic carbocycles. The van der Waals surface area contributed by atoms with Crippen molar-refractivity contribution in [3.63, 3.8) is 0 Å². The van der Waals surface area contributed by atoms with Crippen molar-refractivity contribution in [3.8, 4) is 11.5 Å². The Labute approximate surface area is 215 Å². The number of hydrogen-bond acceptors (Lipinski definition) is 6. The van der Waals surface area contributed by atoms with Crippen LogP contribution in [0.4, 0.5) is 5.69 Å². The van der Waals surface area contributed by atoms with Crippen LogP contribution in [0.1, 0.15) is 46.1 Å². The van der Waals surface area contributed by atoms with E-state index < -0.39 is 6.04 Å². The summed E-state index contributed by atoms with van der Waals surface area (Å²) >= 11 is 1.26. The number of nitrogens with one attached hydrogen (secondary N) is 1. The Bertz CT molecular complexity index is 1240. The van der Waals surface area contributed by atoms with Crippen LogP contribution < -0.4 is 19.7 Å². The third-order valence-electron chi connectivity index (χ3n) is 6.22. The Morgan fingerprint density at radius 1 is 1.14 bits per heavy atom. The highest BCUT2D eigenvalue weighted by atomic mass is 32.1. The third-order valence-corrected chi connectivity index (χ3v) is 6.98. The lowest BCUT2D eigenvalue weighted by molar-refractivity contribution is -0.120. The highest BCUT2D eigenvalue weighted by molar-refractivity contribution is 7.11. The maximum atomic E-state index is 13.7. The maximum absolute atomic E-state index is 13.7. The zero-order chi connectivity index (χ0) is 25.5. The number of nitrogens with zero attached hydrogens (tertiary/aromatic N) is 2. The Morgan fingerprint density at radius 3 is 2.64 bits per heavy atom. The number of thiazole rings is 1. The summed E-state index contributed by atoms with van der Waals surface area (Å²) in [5, 5.41) is 2.72. The number of methoxy groups -OCH3 is 1. The molecule has 2 aromatic carbocycles. The SMILES string of the molecule is CCOc1ccc(/C=C/C(C(=O)NC)N(C(=O)c2cncs2)c2ccc3c(c2)CCCC3)cc1OC. The second kappa shape index (κ2) is 11.9. The summed E-state index contributed by atoms with van der Waals surface area (Å²) < 4.78 is 11.1. The van der Waals surface area contributed by atoms with Gasteiger partial charge >= 0.3 is 0 Å². The highest BCUT2D eigenvalue weighted by Gasteiger charge is 2.31. The number of benzene rings is 2. The van der Waals surface area contributed by atoms with Crippen LogP contribution in [0, 0.1) is 0 Å². The third kappa shape index (κ3) is 5.60. The number of fused-ring (bicyclic) bond motifs is 1. The summed E-state index contributed by atoms with van der Waals surface area (Å²) in [7, 11) is 3.16. The molecule has 0 saturated heterocycles. The lowest BCUT2D eigenvalue weighted by atomic mass is 9.91. The van der Waals surface area contributed by atoms with E-state index in [9.17, 15) is 9.59 Å². The van der Waals surface area contributed by atoms with Crippen LogP contribution in [0.25, 0.3) is 6.08 Å². The smallest absolute Gasteiger partial charge is 0.270 e. The van der Waals surface area contributed by atoms with Crippen molar-refractivity contribution < 1.29 is 19.1 Å². The predicted molar refractivity (Wildman–Crippen MR) is 143 cm³/mol. The van der Waals surface area contributed by atoms with E-state index in [0.29, 0.717) is 28.7 Å². The largest absolute Gasteiger partial charge is 0.493 e. The number of hydrogen-bond donors (Lipinski definition) is 1. The number of likely N-dealkylation sites (N-methyl/N-ethyl adjacent to an activating group) is 1. The normalized spacial score (nSPS) is 13.6. The van der Waals surface area contributed by atoms with Gasteiger partial charge in [-0.2, -0.15) is 0 Å². The number of aromatic nitrogens is 1. The molecule has 1 N–H and O–H groups in total. The standard InChI is InChI=1S/C28H31N3O4S/c1-4-35-24-14-10-19(15-25(24)34-3)9-13-23(27(32)29-2)31(28(33)26-17-30-18-36-26)22-12-11-20-7-5-6-8-21(20)16-22/h9-18,23H,4-8H2,1-3H3,(H,29,32)/b13-9+. The molecule has 4 rings (SSSR count). The molecule has 1 aromatic heterocycles. The molecule has 8 heteroatoms. The summed E-state index contributed by atoms with van der Waals surface area (Å²) in [5.74, 6) is 0.689. The van der Waals surface area contributed by atoms with Gasteiger partial charge in [0.2, 0.25) is 5.91 Å². The minimum Gasteiger partial charge on any atom is -0.493 e.